The highest BCUT2D eigenvalue weighted by molar-refractivity contribution is 5.45. The Morgan fingerprint density at radius 1 is 1.11 bits per heavy atom. The zero-order valence-electron chi connectivity index (χ0n) is 10.5. The van der Waals surface area contributed by atoms with Crippen LogP contribution in [0, 0.1) is 0 Å². The smallest absolute Gasteiger partial charge is 0.198 e. The van der Waals surface area contributed by atoms with Crippen molar-refractivity contribution in [1.29, 1.82) is 0 Å². The lowest BCUT2D eigenvalue weighted by Gasteiger charge is -2.30. The van der Waals surface area contributed by atoms with Gasteiger partial charge in [0, 0.05) is 17.9 Å². The lowest BCUT2D eigenvalue weighted by molar-refractivity contribution is -0.0359. The molecule has 0 fully saturated rings. The fourth-order valence-electron chi connectivity index (χ4n) is 2.60. The van der Waals surface area contributed by atoms with Gasteiger partial charge in [0.2, 0.25) is 0 Å². The summed E-state index contributed by atoms with van der Waals surface area (Å²) >= 11 is 0. The molecule has 3 nitrogen and oxygen atoms in total. The molecule has 0 aliphatic carbocycles. The molecule has 0 aromatic heterocycles. The molecule has 0 amide bonds. The Balaban J connectivity index is 2.07. The summed E-state index contributed by atoms with van der Waals surface area (Å²) in [7, 11) is 0. The molecular formula is C16H16O3. The van der Waals surface area contributed by atoms with Crippen LogP contribution in [-0.4, -0.2) is 16.5 Å². The number of aliphatic hydroxyl groups excluding tert-OH is 2. The van der Waals surface area contributed by atoms with Gasteiger partial charge in [-0.15, -0.1) is 0 Å². The number of fused-ring (bicyclic) bond motifs is 1. The largest absolute Gasteiger partial charge is 0.465 e. The van der Waals surface area contributed by atoms with Crippen LogP contribution in [-0.2, 0) is 6.61 Å². The van der Waals surface area contributed by atoms with Gasteiger partial charge in [0.15, 0.2) is 6.29 Å². The standard InChI is InChI=1S/C16H16O3/c17-10-11-6-7-15-14(8-11)13(9-16(18)19-15)12-4-2-1-3-5-12/h1-8,13,16-18H,9-10H2/t13-,16-/m0/s1. The van der Waals surface area contributed by atoms with E-state index < -0.39 is 6.29 Å². The molecular weight excluding hydrogens is 240 g/mol. The molecule has 2 aromatic rings. The zero-order chi connectivity index (χ0) is 13.2. The predicted octanol–water partition coefficient (Wildman–Crippen LogP) is 2.41. The summed E-state index contributed by atoms with van der Waals surface area (Å²) in [5.74, 6) is 0.802. The Bertz CT molecular complexity index is 565. The molecule has 3 rings (SSSR count). The van der Waals surface area contributed by atoms with Gasteiger partial charge >= 0.3 is 0 Å². The lowest BCUT2D eigenvalue weighted by Crippen LogP contribution is -2.25. The summed E-state index contributed by atoms with van der Waals surface area (Å²) in [6.07, 6.45) is -0.246. The average Bonchev–Trinajstić information content (AvgIpc) is 2.47. The van der Waals surface area contributed by atoms with Crippen molar-refractivity contribution in [3.05, 3.63) is 65.2 Å². The summed E-state index contributed by atoms with van der Waals surface area (Å²) < 4.78 is 5.46. The van der Waals surface area contributed by atoms with Gasteiger partial charge in [0.05, 0.1) is 6.61 Å². The first kappa shape index (κ1) is 12.2. The number of hydrogen-bond donors (Lipinski definition) is 2. The second kappa shape index (κ2) is 5.03. The monoisotopic (exact) mass is 256 g/mol. The van der Waals surface area contributed by atoms with Crippen LogP contribution in [0.4, 0.5) is 0 Å². The molecule has 0 saturated heterocycles. The van der Waals surface area contributed by atoms with E-state index in [1.54, 1.807) is 0 Å². The van der Waals surface area contributed by atoms with E-state index in [0.29, 0.717) is 12.2 Å². The van der Waals surface area contributed by atoms with E-state index in [4.69, 9.17) is 4.74 Å². The summed E-state index contributed by atoms with van der Waals surface area (Å²) in [6.45, 7) is 0.0113. The molecule has 19 heavy (non-hydrogen) atoms. The van der Waals surface area contributed by atoms with E-state index in [2.05, 4.69) is 12.1 Å². The Hall–Kier alpha value is -1.84. The van der Waals surface area contributed by atoms with E-state index in [1.165, 1.54) is 0 Å². The van der Waals surface area contributed by atoms with Gasteiger partial charge in [0.25, 0.3) is 0 Å². The minimum absolute atomic E-state index is 0.0113. The highest BCUT2D eigenvalue weighted by atomic mass is 16.6. The Labute approximate surface area is 112 Å². The first-order valence-corrected chi connectivity index (χ1v) is 6.41. The van der Waals surface area contributed by atoms with Crippen molar-refractivity contribution in [1.82, 2.24) is 0 Å². The van der Waals surface area contributed by atoms with Gasteiger partial charge in [-0.25, -0.2) is 0 Å². The van der Waals surface area contributed by atoms with Crippen molar-refractivity contribution in [2.45, 2.75) is 25.2 Å². The quantitative estimate of drug-likeness (QED) is 0.867. The number of rotatable bonds is 2. The average molecular weight is 256 g/mol. The number of ether oxygens (including phenoxy) is 1. The van der Waals surface area contributed by atoms with Gasteiger partial charge in [-0.1, -0.05) is 36.4 Å². The van der Waals surface area contributed by atoms with Gasteiger partial charge in [-0.05, 0) is 23.3 Å². The van der Waals surface area contributed by atoms with Gasteiger partial charge in [0.1, 0.15) is 5.75 Å². The Morgan fingerprint density at radius 2 is 1.89 bits per heavy atom. The van der Waals surface area contributed by atoms with E-state index in [0.717, 1.165) is 16.7 Å². The molecule has 3 heteroatoms. The fourth-order valence-corrected chi connectivity index (χ4v) is 2.60. The second-order valence-corrected chi connectivity index (χ2v) is 4.80. The van der Waals surface area contributed by atoms with E-state index in [9.17, 15) is 10.2 Å². The minimum atomic E-state index is -0.780. The normalized spacial score (nSPS) is 21.6. The van der Waals surface area contributed by atoms with Crippen LogP contribution >= 0.6 is 0 Å². The highest BCUT2D eigenvalue weighted by Gasteiger charge is 2.28. The summed E-state index contributed by atoms with van der Waals surface area (Å²) in [6, 6.07) is 15.7. The SMILES string of the molecule is OCc1ccc2c(c1)[C@H](c1ccccc1)C[C@@H](O)O2. The Kier molecular flexibility index (Phi) is 3.23. The molecule has 1 aliphatic rings. The lowest BCUT2D eigenvalue weighted by atomic mass is 9.85. The topological polar surface area (TPSA) is 49.7 Å². The second-order valence-electron chi connectivity index (χ2n) is 4.80. The minimum Gasteiger partial charge on any atom is -0.465 e. The van der Waals surface area contributed by atoms with Crippen LogP contribution in [0.2, 0.25) is 0 Å². The Morgan fingerprint density at radius 3 is 2.63 bits per heavy atom. The van der Waals surface area contributed by atoms with Crippen molar-refractivity contribution in [3.63, 3.8) is 0 Å². The van der Waals surface area contributed by atoms with Crippen LogP contribution in [0.5, 0.6) is 5.75 Å². The van der Waals surface area contributed by atoms with Crippen molar-refractivity contribution in [2.24, 2.45) is 0 Å². The number of aliphatic hydroxyl groups is 2. The fraction of sp³-hybridized carbons (Fsp3) is 0.250. The molecule has 98 valence electrons. The predicted molar refractivity (Wildman–Crippen MR) is 71.9 cm³/mol. The summed E-state index contributed by atoms with van der Waals surface area (Å²) in [4.78, 5) is 0. The molecule has 0 bridgehead atoms. The van der Waals surface area contributed by atoms with Gasteiger partial charge in [-0.3, -0.25) is 0 Å². The summed E-state index contributed by atoms with van der Waals surface area (Å²) in [5.41, 5.74) is 3.05. The molecule has 0 spiro atoms. The van der Waals surface area contributed by atoms with E-state index in [-0.39, 0.29) is 12.5 Å². The number of benzene rings is 2. The van der Waals surface area contributed by atoms with Crippen LogP contribution in [0.15, 0.2) is 48.5 Å². The van der Waals surface area contributed by atoms with E-state index in [1.807, 2.05) is 36.4 Å². The molecule has 2 atom stereocenters. The highest BCUT2D eigenvalue weighted by Crippen LogP contribution is 2.40. The third-order valence-electron chi connectivity index (χ3n) is 3.53. The summed E-state index contributed by atoms with van der Waals surface area (Å²) in [5, 5.41) is 19.1. The molecule has 1 heterocycles. The maximum atomic E-state index is 9.84. The molecule has 0 saturated carbocycles. The maximum Gasteiger partial charge on any atom is 0.198 e. The van der Waals surface area contributed by atoms with Crippen LogP contribution in [0.25, 0.3) is 0 Å². The van der Waals surface area contributed by atoms with Crippen LogP contribution < -0.4 is 4.74 Å². The van der Waals surface area contributed by atoms with E-state index >= 15 is 0 Å². The zero-order valence-corrected chi connectivity index (χ0v) is 10.5. The first-order chi connectivity index (χ1) is 9.28. The molecule has 0 radical (unpaired) electrons. The maximum absolute atomic E-state index is 9.84. The molecule has 2 N–H and O–H groups in total. The van der Waals surface area contributed by atoms with Crippen molar-refractivity contribution in [2.75, 3.05) is 0 Å². The molecule has 1 aliphatic heterocycles. The molecule has 0 unspecified atom stereocenters. The first-order valence-electron chi connectivity index (χ1n) is 6.41. The van der Waals surface area contributed by atoms with Crippen molar-refractivity contribution in [3.8, 4) is 5.75 Å². The van der Waals surface area contributed by atoms with Gasteiger partial charge in [-0.2, -0.15) is 0 Å². The van der Waals surface area contributed by atoms with Crippen molar-refractivity contribution < 1.29 is 14.9 Å². The third kappa shape index (κ3) is 2.35. The van der Waals surface area contributed by atoms with Crippen LogP contribution in [0.1, 0.15) is 29.0 Å². The third-order valence-corrected chi connectivity index (χ3v) is 3.53. The van der Waals surface area contributed by atoms with Crippen LogP contribution in [0.3, 0.4) is 0 Å². The number of hydrogen-bond acceptors (Lipinski definition) is 3. The van der Waals surface area contributed by atoms with Gasteiger partial charge < -0.3 is 14.9 Å². The van der Waals surface area contributed by atoms with Crippen molar-refractivity contribution >= 4 is 0 Å². The molecule has 2 aromatic carbocycles.